The number of phenols is 1. The molecule has 1 aromatic heterocycles. The lowest BCUT2D eigenvalue weighted by Crippen LogP contribution is -2.02. The number of phenolic OH excluding ortho intramolecular Hbond substituents is 1. The molecule has 1 N–H and O–H groups in total. The van der Waals surface area contributed by atoms with Gasteiger partial charge in [0.25, 0.3) is 0 Å². The van der Waals surface area contributed by atoms with E-state index in [1.54, 1.807) is 18.2 Å². The zero-order valence-corrected chi connectivity index (χ0v) is 11.2. The van der Waals surface area contributed by atoms with Gasteiger partial charge in [-0.25, -0.2) is 9.37 Å². The molecule has 0 aliphatic carbocycles. The van der Waals surface area contributed by atoms with E-state index < -0.39 is 0 Å². The van der Waals surface area contributed by atoms with Crippen molar-refractivity contribution in [3.63, 3.8) is 0 Å². The minimum Gasteiger partial charge on any atom is -0.508 e. The lowest BCUT2D eigenvalue weighted by molar-refractivity contribution is 0.475. The zero-order chi connectivity index (χ0) is 14.1. The molecule has 0 spiro atoms. The molecule has 0 saturated carbocycles. The van der Waals surface area contributed by atoms with Crippen LogP contribution in [0.2, 0.25) is 0 Å². The van der Waals surface area contributed by atoms with Crippen molar-refractivity contribution in [2.75, 3.05) is 0 Å². The van der Waals surface area contributed by atoms with E-state index in [0.717, 1.165) is 23.4 Å². The summed E-state index contributed by atoms with van der Waals surface area (Å²) >= 11 is 0. The Morgan fingerprint density at radius 3 is 2.60 bits per heavy atom. The second-order valence-electron chi connectivity index (χ2n) is 4.75. The van der Waals surface area contributed by atoms with E-state index in [1.807, 2.05) is 19.1 Å². The SMILES string of the molecule is CCn1c(Cc2ccc(O)cc2)nc2cc(F)ccc21. The third kappa shape index (κ3) is 2.25. The van der Waals surface area contributed by atoms with Crippen LogP contribution >= 0.6 is 0 Å². The number of imidazole rings is 1. The van der Waals surface area contributed by atoms with Gasteiger partial charge in [-0.2, -0.15) is 0 Å². The van der Waals surface area contributed by atoms with Crippen molar-refractivity contribution in [2.24, 2.45) is 0 Å². The zero-order valence-electron chi connectivity index (χ0n) is 11.2. The molecular formula is C16H15FN2O. The van der Waals surface area contributed by atoms with Gasteiger partial charge in [0, 0.05) is 19.0 Å². The number of nitrogens with zero attached hydrogens (tertiary/aromatic N) is 2. The van der Waals surface area contributed by atoms with E-state index in [-0.39, 0.29) is 11.6 Å². The number of aromatic nitrogens is 2. The highest BCUT2D eigenvalue weighted by Crippen LogP contribution is 2.20. The summed E-state index contributed by atoms with van der Waals surface area (Å²) < 4.78 is 15.4. The summed E-state index contributed by atoms with van der Waals surface area (Å²) in [6, 6.07) is 11.7. The summed E-state index contributed by atoms with van der Waals surface area (Å²) in [7, 11) is 0. The normalized spacial score (nSPS) is 11.1. The summed E-state index contributed by atoms with van der Waals surface area (Å²) in [5.74, 6) is 0.882. The van der Waals surface area contributed by atoms with Gasteiger partial charge in [0.1, 0.15) is 17.4 Å². The molecule has 0 aliphatic heterocycles. The maximum Gasteiger partial charge on any atom is 0.125 e. The molecule has 3 rings (SSSR count). The Morgan fingerprint density at radius 1 is 1.15 bits per heavy atom. The Balaban J connectivity index is 2.04. The number of fused-ring (bicyclic) bond motifs is 1. The predicted molar refractivity (Wildman–Crippen MR) is 76.3 cm³/mol. The van der Waals surface area contributed by atoms with Gasteiger partial charge in [-0.1, -0.05) is 12.1 Å². The summed E-state index contributed by atoms with van der Waals surface area (Å²) in [5.41, 5.74) is 2.69. The Morgan fingerprint density at radius 2 is 1.90 bits per heavy atom. The van der Waals surface area contributed by atoms with E-state index in [9.17, 15) is 9.50 Å². The van der Waals surface area contributed by atoms with Crippen LogP contribution in [0.3, 0.4) is 0 Å². The molecule has 20 heavy (non-hydrogen) atoms. The maximum absolute atomic E-state index is 13.3. The van der Waals surface area contributed by atoms with Crippen molar-refractivity contribution in [3.05, 3.63) is 59.7 Å². The fourth-order valence-corrected chi connectivity index (χ4v) is 2.44. The fourth-order valence-electron chi connectivity index (χ4n) is 2.44. The van der Waals surface area contributed by atoms with Crippen LogP contribution in [0, 0.1) is 5.82 Å². The van der Waals surface area contributed by atoms with Crippen molar-refractivity contribution < 1.29 is 9.50 Å². The first-order chi connectivity index (χ1) is 9.67. The first-order valence-corrected chi connectivity index (χ1v) is 6.60. The quantitative estimate of drug-likeness (QED) is 0.791. The number of hydrogen-bond acceptors (Lipinski definition) is 2. The monoisotopic (exact) mass is 270 g/mol. The van der Waals surface area contributed by atoms with E-state index in [1.165, 1.54) is 12.1 Å². The summed E-state index contributed by atoms with van der Waals surface area (Å²) in [6.07, 6.45) is 0.657. The van der Waals surface area contributed by atoms with Crippen LogP contribution in [0.5, 0.6) is 5.75 Å². The number of aromatic hydroxyl groups is 1. The highest BCUT2D eigenvalue weighted by atomic mass is 19.1. The average Bonchev–Trinajstić information content (AvgIpc) is 2.77. The lowest BCUT2D eigenvalue weighted by atomic mass is 10.1. The topological polar surface area (TPSA) is 38.0 Å². The second kappa shape index (κ2) is 4.96. The molecule has 2 aromatic carbocycles. The fraction of sp³-hybridized carbons (Fsp3) is 0.188. The Hall–Kier alpha value is -2.36. The standard InChI is InChI=1S/C16H15FN2O/c1-2-19-15-8-5-12(17)10-14(15)18-16(19)9-11-3-6-13(20)7-4-11/h3-8,10,20H,2,9H2,1H3. The Bertz CT molecular complexity index is 747. The number of benzene rings is 2. The molecule has 0 radical (unpaired) electrons. The van der Waals surface area contributed by atoms with Crippen molar-refractivity contribution in [1.82, 2.24) is 9.55 Å². The van der Waals surface area contributed by atoms with Crippen LogP contribution in [0.1, 0.15) is 18.3 Å². The van der Waals surface area contributed by atoms with E-state index in [4.69, 9.17) is 0 Å². The van der Waals surface area contributed by atoms with Crippen molar-refractivity contribution >= 4 is 11.0 Å². The molecule has 3 aromatic rings. The third-order valence-electron chi connectivity index (χ3n) is 3.40. The molecule has 0 unspecified atom stereocenters. The Kier molecular flexibility index (Phi) is 3.14. The van der Waals surface area contributed by atoms with Crippen LogP contribution < -0.4 is 0 Å². The van der Waals surface area contributed by atoms with Crippen molar-refractivity contribution in [1.29, 1.82) is 0 Å². The predicted octanol–water partition coefficient (Wildman–Crippen LogP) is 3.49. The molecule has 0 aliphatic rings. The number of halogens is 1. The lowest BCUT2D eigenvalue weighted by Gasteiger charge is -2.06. The molecule has 0 saturated heterocycles. The van der Waals surface area contributed by atoms with Gasteiger partial charge in [0.2, 0.25) is 0 Å². The van der Waals surface area contributed by atoms with E-state index >= 15 is 0 Å². The number of aryl methyl sites for hydroxylation is 1. The van der Waals surface area contributed by atoms with Crippen molar-refractivity contribution in [2.45, 2.75) is 19.9 Å². The van der Waals surface area contributed by atoms with Gasteiger partial charge in [0.15, 0.2) is 0 Å². The van der Waals surface area contributed by atoms with Gasteiger partial charge in [-0.3, -0.25) is 0 Å². The van der Waals surface area contributed by atoms with Gasteiger partial charge in [-0.05, 0) is 36.8 Å². The van der Waals surface area contributed by atoms with Gasteiger partial charge >= 0.3 is 0 Å². The van der Waals surface area contributed by atoms with Crippen LogP contribution in [-0.4, -0.2) is 14.7 Å². The van der Waals surface area contributed by atoms with Gasteiger partial charge in [0.05, 0.1) is 11.0 Å². The third-order valence-corrected chi connectivity index (χ3v) is 3.40. The summed E-state index contributed by atoms with van der Waals surface area (Å²) in [5, 5.41) is 9.31. The molecule has 102 valence electrons. The minimum absolute atomic E-state index is 0.250. The smallest absolute Gasteiger partial charge is 0.125 e. The van der Waals surface area contributed by atoms with Crippen LogP contribution in [-0.2, 0) is 13.0 Å². The second-order valence-corrected chi connectivity index (χ2v) is 4.75. The van der Waals surface area contributed by atoms with E-state index in [2.05, 4.69) is 9.55 Å². The van der Waals surface area contributed by atoms with Crippen LogP contribution in [0.4, 0.5) is 4.39 Å². The molecule has 0 bridgehead atoms. The number of rotatable bonds is 3. The molecule has 0 atom stereocenters. The maximum atomic E-state index is 13.3. The van der Waals surface area contributed by atoms with Crippen LogP contribution in [0.15, 0.2) is 42.5 Å². The minimum atomic E-state index is -0.269. The summed E-state index contributed by atoms with van der Waals surface area (Å²) in [6.45, 7) is 2.83. The van der Waals surface area contributed by atoms with Crippen LogP contribution in [0.25, 0.3) is 11.0 Å². The van der Waals surface area contributed by atoms with Gasteiger partial charge in [-0.15, -0.1) is 0 Å². The molecule has 4 heteroatoms. The number of hydrogen-bond donors (Lipinski definition) is 1. The Labute approximate surface area is 116 Å². The molecule has 0 fully saturated rings. The van der Waals surface area contributed by atoms with Gasteiger partial charge < -0.3 is 9.67 Å². The molecule has 1 heterocycles. The first-order valence-electron chi connectivity index (χ1n) is 6.60. The highest BCUT2D eigenvalue weighted by Gasteiger charge is 2.10. The highest BCUT2D eigenvalue weighted by molar-refractivity contribution is 5.76. The van der Waals surface area contributed by atoms with Crippen molar-refractivity contribution in [3.8, 4) is 5.75 Å². The molecule has 3 nitrogen and oxygen atoms in total. The van der Waals surface area contributed by atoms with E-state index in [0.29, 0.717) is 11.9 Å². The molecular weight excluding hydrogens is 255 g/mol. The molecule has 0 amide bonds. The largest absolute Gasteiger partial charge is 0.508 e. The average molecular weight is 270 g/mol. The first kappa shape index (κ1) is 12.7. The summed E-state index contributed by atoms with van der Waals surface area (Å²) in [4.78, 5) is 4.52.